The number of aryl methyl sites for hydroxylation is 1. The summed E-state index contributed by atoms with van der Waals surface area (Å²) in [5, 5.41) is 14.8. The second-order valence-electron chi connectivity index (χ2n) is 4.24. The molecule has 1 aromatic carbocycles. The number of hydrogen-bond acceptors (Lipinski definition) is 4. The third-order valence-corrected chi connectivity index (χ3v) is 4.36. The van der Waals surface area contributed by atoms with E-state index < -0.39 is 0 Å². The third kappa shape index (κ3) is 2.91. The molecule has 17 heavy (non-hydrogen) atoms. The van der Waals surface area contributed by atoms with Crippen molar-refractivity contribution in [2.45, 2.75) is 25.0 Å². The molecule has 0 amide bonds. The Kier molecular flexibility index (Phi) is 3.89. The molecule has 1 saturated heterocycles. The minimum atomic E-state index is -0.306. The summed E-state index contributed by atoms with van der Waals surface area (Å²) in [6.07, 6.45) is 2.46. The number of para-hydroxylation sites is 1. The highest BCUT2D eigenvalue weighted by Crippen LogP contribution is 2.30. The summed E-state index contributed by atoms with van der Waals surface area (Å²) in [7, 11) is 0. The monoisotopic (exact) mass is 252 g/mol. The van der Waals surface area contributed by atoms with Crippen LogP contribution in [0, 0.1) is 17.0 Å². The Morgan fingerprint density at radius 2 is 2.41 bits per heavy atom. The second-order valence-corrected chi connectivity index (χ2v) is 5.65. The van der Waals surface area contributed by atoms with Crippen LogP contribution in [0.25, 0.3) is 0 Å². The Balaban J connectivity index is 2.09. The number of benzene rings is 1. The van der Waals surface area contributed by atoms with Crippen molar-refractivity contribution in [3.63, 3.8) is 0 Å². The topological polar surface area (TPSA) is 55.2 Å². The molecule has 0 aromatic heterocycles. The van der Waals surface area contributed by atoms with Crippen LogP contribution in [0.4, 0.5) is 11.4 Å². The second kappa shape index (κ2) is 5.40. The highest BCUT2D eigenvalue weighted by molar-refractivity contribution is 8.00. The Hall–Kier alpha value is -1.23. The molecule has 1 aliphatic heterocycles. The molecule has 0 radical (unpaired) electrons. The van der Waals surface area contributed by atoms with E-state index in [2.05, 4.69) is 5.32 Å². The minimum Gasteiger partial charge on any atom is -0.378 e. The van der Waals surface area contributed by atoms with Gasteiger partial charge in [0.1, 0.15) is 5.69 Å². The number of hydrogen-bond donors (Lipinski definition) is 1. The highest BCUT2D eigenvalue weighted by atomic mass is 32.2. The van der Waals surface area contributed by atoms with E-state index in [1.165, 1.54) is 18.6 Å². The van der Waals surface area contributed by atoms with Crippen LogP contribution in [0.5, 0.6) is 0 Å². The molecular formula is C12H16N2O2S. The summed E-state index contributed by atoms with van der Waals surface area (Å²) in [6, 6.07) is 5.41. The molecule has 1 N–H and O–H groups in total. The molecule has 1 aromatic rings. The molecule has 2 rings (SSSR count). The molecule has 92 valence electrons. The summed E-state index contributed by atoms with van der Waals surface area (Å²) in [5.41, 5.74) is 1.55. The lowest BCUT2D eigenvalue weighted by Crippen LogP contribution is -2.14. The maximum absolute atomic E-state index is 11.0. The molecule has 5 heteroatoms. The lowest BCUT2D eigenvalue weighted by atomic mass is 10.1. The molecular weight excluding hydrogens is 236 g/mol. The smallest absolute Gasteiger partial charge is 0.295 e. The van der Waals surface area contributed by atoms with Crippen LogP contribution >= 0.6 is 11.8 Å². The predicted octanol–water partition coefficient (Wildman–Crippen LogP) is 3.21. The van der Waals surface area contributed by atoms with Gasteiger partial charge in [0.2, 0.25) is 0 Å². The number of nitrogens with one attached hydrogen (secondary N) is 1. The number of thioether (sulfide) groups is 1. The van der Waals surface area contributed by atoms with E-state index in [1.54, 1.807) is 19.1 Å². The van der Waals surface area contributed by atoms with Gasteiger partial charge in [-0.2, -0.15) is 11.8 Å². The summed E-state index contributed by atoms with van der Waals surface area (Å²) >= 11 is 1.95. The Morgan fingerprint density at radius 1 is 1.59 bits per heavy atom. The van der Waals surface area contributed by atoms with Gasteiger partial charge in [0.15, 0.2) is 0 Å². The van der Waals surface area contributed by atoms with E-state index in [9.17, 15) is 10.1 Å². The first-order valence-electron chi connectivity index (χ1n) is 5.78. The molecule has 0 bridgehead atoms. The SMILES string of the molecule is Cc1cccc(NCC2CCCS2)c1[N+](=O)[O-]. The largest absolute Gasteiger partial charge is 0.378 e. The molecule has 1 unspecified atom stereocenters. The fraction of sp³-hybridized carbons (Fsp3) is 0.500. The van der Waals surface area contributed by atoms with Crippen molar-refractivity contribution in [1.82, 2.24) is 0 Å². The number of nitro groups is 1. The van der Waals surface area contributed by atoms with Crippen molar-refractivity contribution in [3.05, 3.63) is 33.9 Å². The van der Waals surface area contributed by atoms with Crippen LogP contribution in [0.1, 0.15) is 18.4 Å². The fourth-order valence-corrected chi connectivity index (χ4v) is 3.27. The molecule has 1 fully saturated rings. The number of nitro benzene ring substituents is 1. The first kappa shape index (κ1) is 12.2. The van der Waals surface area contributed by atoms with Crippen LogP contribution < -0.4 is 5.32 Å². The van der Waals surface area contributed by atoms with Crippen molar-refractivity contribution in [3.8, 4) is 0 Å². The molecule has 1 atom stereocenters. The van der Waals surface area contributed by atoms with Gasteiger partial charge in [-0.25, -0.2) is 0 Å². The summed E-state index contributed by atoms with van der Waals surface area (Å²) < 4.78 is 0. The van der Waals surface area contributed by atoms with Gasteiger partial charge in [-0.3, -0.25) is 10.1 Å². The van der Waals surface area contributed by atoms with Gasteiger partial charge in [-0.05, 0) is 31.6 Å². The van der Waals surface area contributed by atoms with Gasteiger partial charge in [0.05, 0.1) is 4.92 Å². The molecule has 0 aliphatic carbocycles. The fourth-order valence-electron chi connectivity index (χ4n) is 2.07. The Morgan fingerprint density at radius 3 is 3.06 bits per heavy atom. The third-order valence-electron chi connectivity index (χ3n) is 2.96. The van der Waals surface area contributed by atoms with E-state index >= 15 is 0 Å². The molecule has 1 aliphatic rings. The van der Waals surface area contributed by atoms with Crippen LogP contribution in [-0.4, -0.2) is 22.5 Å². The zero-order valence-electron chi connectivity index (χ0n) is 9.81. The first-order chi connectivity index (χ1) is 8.18. The zero-order chi connectivity index (χ0) is 12.3. The normalized spacial score (nSPS) is 19.2. The van der Waals surface area contributed by atoms with Crippen molar-refractivity contribution < 1.29 is 4.92 Å². The predicted molar refractivity (Wildman–Crippen MR) is 71.8 cm³/mol. The van der Waals surface area contributed by atoms with Crippen LogP contribution in [-0.2, 0) is 0 Å². The minimum absolute atomic E-state index is 0.204. The summed E-state index contributed by atoms with van der Waals surface area (Å²) in [4.78, 5) is 10.7. The number of anilines is 1. The number of nitrogens with zero attached hydrogens (tertiary/aromatic N) is 1. The maximum Gasteiger partial charge on any atom is 0.295 e. The maximum atomic E-state index is 11.0. The van der Waals surface area contributed by atoms with E-state index in [0.29, 0.717) is 16.5 Å². The van der Waals surface area contributed by atoms with Gasteiger partial charge in [-0.1, -0.05) is 12.1 Å². The van der Waals surface area contributed by atoms with Gasteiger partial charge >= 0.3 is 0 Å². The van der Waals surface area contributed by atoms with Crippen molar-refractivity contribution in [2.75, 3.05) is 17.6 Å². The summed E-state index contributed by atoms with van der Waals surface area (Å²) in [5.74, 6) is 1.21. The summed E-state index contributed by atoms with van der Waals surface area (Å²) in [6.45, 7) is 2.59. The van der Waals surface area contributed by atoms with Crippen LogP contribution in [0.3, 0.4) is 0 Å². The zero-order valence-corrected chi connectivity index (χ0v) is 10.6. The van der Waals surface area contributed by atoms with Crippen molar-refractivity contribution in [1.29, 1.82) is 0 Å². The van der Waals surface area contributed by atoms with Crippen molar-refractivity contribution >= 4 is 23.1 Å². The van der Waals surface area contributed by atoms with E-state index in [4.69, 9.17) is 0 Å². The van der Waals surface area contributed by atoms with Crippen LogP contribution in [0.15, 0.2) is 18.2 Å². The van der Waals surface area contributed by atoms with E-state index in [1.807, 2.05) is 17.8 Å². The Bertz CT molecular complexity index is 417. The quantitative estimate of drug-likeness (QED) is 0.660. The molecule has 4 nitrogen and oxygen atoms in total. The molecule has 0 saturated carbocycles. The first-order valence-corrected chi connectivity index (χ1v) is 6.83. The lowest BCUT2D eigenvalue weighted by molar-refractivity contribution is -0.384. The van der Waals surface area contributed by atoms with Gasteiger partial charge < -0.3 is 5.32 Å². The van der Waals surface area contributed by atoms with E-state index in [0.717, 1.165) is 6.54 Å². The number of rotatable bonds is 4. The van der Waals surface area contributed by atoms with Crippen molar-refractivity contribution in [2.24, 2.45) is 0 Å². The van der Waals surface area contributed by atoms with Gasteiger partial charge in [0, 0.05) is 17.4 Å². The van der Waals surface area contributed by atoms with E-state index in [-0.39, 0.29) is 10.6 Å². The standard InChI is InChI=1S/C12H16N2O2S/c1-9-4-2-6-11(12(9)14(15)16)13-8-10-5-3-7-17-10/h2,4,6,10,13H,3,5,7-8H2,1H3. The Labute approximate surface area is 105 Å². The van der Waals surface area contributed by atoms with Gasteiger partial charge in [0.25, 0.3) is 5.69 Å². The molecule has 0 spiro atoms. The van der Waals surface area contributed by atoms with Crippen LogP contribution in [0.2, 0.25) is 0 Å². The highest BCUT2D eigenvalue weighted by Gasteiger charge is 2.19. The molecule has 1 heterocycles. The van der Waals surface area contributed by atoms with Gasteiger partial charge in [-0.15, -0.1) is 0 Å². The average Bonchev–Trinajstić information content (AvgIpc) is 2.78. The lowest BCUT2D eigenvalue weighted by Gasteiger charge is -2.12. The average molecular weight is 252 g/mol.